The molecule has 0 radical (unpaired) electrons. The molecule has 6 nitrogen and oxygen atoms in total. The molecule has 0 amide bonds. The number of methoxy groups -OCH3 is 1. The van der Waals surface area contributed by atoms with Gasteiger partial charge in [-0.05, 0) is 53.6 Å². The number of pyridine rings is 1. The summed E-state index contributed by atoms with van der Waals surface area (Å²) >= 11 is 0. The van der Waals surface area contributed by atoms with Gasteiger partial charge in [0, 0.05) is 18.9 Å². The molecule has 1 atom stereocenters. The van der Waals surface area contributed by atoms with Crippen LogP contribution in [0, 0.1) is 5.95 Å². The van der Waals surface area contributed by atoms with E-state index in [9.17, 15) is 4.39 Å². The van der Waals surface area contributed by atoms with Crippen molar-refractivity contribution in [3.8, 4) is 16.9 Å². The van der Waals surface area contributed by atoms with Gasteiger partial charge in [0.25, 0.3) is 0 Å². The first-order valence-corrected chi connectivity index (χ1v) is 9.74. The average Bonchev–Trinajstić information content (AvgIpc) is 2.78. The van der Waals surface area contributed by atoms with Crippen molar-refractivity contribution in [1.82, 2.24) is 4.98 Å². The lowest BCUT2D eigenvalue weighted by atomic mass is 9.83. The van der Waals surface area contributed by atoms with Crippen LogP contribution in [0.15, 0.2) is 79.3 Å². The highest BCUT2D eigenvalue weighted by Gasteiger charge is 2.31. The summed E-state index contributed by atoms with van der Waals surface area (Å²) in [7, 11) is 1.62. The third-order valence-corrected chi connectivity index (χ3v) is 4.86. The minimum atomic E-state index is -1.07. The summed E-state index contributed by atoms with van der Waals surface area (Å²) in [6.07, 6.45) is 1.41. The van der Waals surface area contributed by atoms with Gasteiger partial charge in [-0.3, -0.25) is 0 Å². The molecule has 3 aromatic rings. The van der Waals surface area contributed by atoms with Crippen LogP contribution in [-0.4, -0.2) is 31.9 Å². The lowest BCUT2D eigenvalue weighted by Gasteiger charge is -2.31. The molecule has 0 bridgehead atoms. The quantitative estimate of drug-likeness (QED) is 0.294. The molecule has 4 N–H and O–H groups in total. The van der Waals surface area contributed by atoms with Crippen LogP contribution in [-0.2, 0) is 15.0 Å². The predicted molar refractivity (Wildman–Crippen MR) is 118 cm³/mol. The highest BCUT2D eigenvalue weighted by atomic mass is 19.1. The largest absolute Gasteiger partial charge is 0.491 e. The van der Waals surface area contributed by atoms with Crippen LogP contribution in [0.25, 0.3) is 11.1 Å². The lowest BCUT2D eigenvalue weighted by Crippen LogP contribution is -2.43. The number of benzene rings is 2. The fourth-order valence-electron chi connectivity index (χ4n) is 3.20. The first kappa shape index (κ1) is 22.3. The summed E-state index contributed by atoms with van der Waals surface area (Å²) in [5.41, 5.74) is 14.0. The van der Waals surface area contributed by atoms with Crippen molar-refractivity contribution < 1.29 is 18.6 Å². The molecule has 0 saturated carbocycles. The van der Waals surface area contributed by atoms with Crippen LogP contribution in [0.5, 0.6) is 5.75 Å². The number of ether oxygens (including phenoxy) is 3. The topological polar surface area (TPSA) is 92.6 Å². The molecule has 1 heterocycles. The van der Waals surface area contributed by atoms with E-state index in [1.165, 1.54) is 6.20 Å². The number of aromatic nitrogens is 1. The van der Waals surface area contributed by atoms with E-state index in [2.05, 4.69) is 11.6 Å². The maximum absolute atomic E-state index is 14.2. The maximum Gasteiger partial charge on any atom is 0.220 e. The maximum atomic E-state index is 14.2. The number of rotatable bonds is 10. The molecule has 7 heteroatoms. The number of nitrogens with zero attached hydrogens (tertiary/aromatic N) is 1. The fraction of sp³-hybridized carbons (Fsp3) is 0.208. The van der Waals surface area contributed by atoms with Crippen LogP contribution >= 0.6 is 0 Å². The van der Waals surface area contributed by atoms with E-state index in [0.29, 0.717) is 30.1 Å². The Hall–Kier alpha value is -3.42. The SMILES string of the molecule is C=C(N)OCC(N)(c1ccc(OCCOC)cc1)c1cccc(-c2cccnc2F)c1. The van der Waals surface area contributed by atoms with E-state index >= 15 is 0 Å². The summed E-state index contributed by atoms with van der Waals surface area (Å²) in [6, 6.07) is 18.1. The molecule has 0 spiro atoms. The van der Waals surface area contributed by atoms with Gasteiger partial charge in [-0.2, -0.15) is 4.39 Å². The molecular weight excluding hydrogens is 397 g/mol. The van der Waals surface area contributed by atoms with Gasteiger partial charge in [0.05, 0.1) is 6.61 Å². The van der Waals surface area contributed by atoms with E-state index in [1.54, 1.807) is 25.3 Å². The Kier molecular flexibility index (Phi) is 7.23. The minimum absolute atomic E-state index is 0.0468. The van der Waals surface area contributed by atoms with E-state index < -0.39 is 11.5 Å². The van der Waals surface area contributed by atoms with Crippen LogP contribution in [0.4, 0.5) is 4.39 Å². The zero-order valence-corrected chi connectivity index (χ0v) is 17.4. The molecule has 1 aromatic heterocycles. The van der Waals surface area contributed by atoms with Gasteiger partial charge in [0.15, 0.2) is 5.88 Å². The monoisotopic (exact) mass is 423 g/mol. The molecule has 0 saturated heterocycles. The van der Waals surface area contributed by atoms with Crippen LogP contribution in [0.2, 0.25) is 0 Å². The van der Waals surface area contributed by atoms with Gasteiger partial charge < -0.3 is 25.7 Å². The Labute approximate surface area is 181 Å². The number of hydrogen-bond donors (Lipinski definition) is 2. The third kappa shape index (κ3) is 5.39. The second-order valence-corrected chi connectivity index (χ2v) is 7.01. The standard InChI is InChI=1S/C24H26FN3O3/c1-17(26)31-16-24(27,19-8-10-21(11-9-19)30-14-13-29-2)20-6-3-5-18(15-20)22-7-4-12-28-23(22)25/h3-12,15H,1,13-14,16,26-27H2,2H3. The summed E-state index contributed by atoms with van der Waals surface area (Å²) < 4.78 is 30.4. The first-order valence-electron chi connectivity index (χ1n) is 9.74. The second kappa shape index (κ2) is 10.1. The van der Waals surface area contributed by atoms with Gasteiger partial charge >= 0.3 is 0 Å². The van der Waals surface area contributed by atoms with E-state index in [1.807, 2.05) is 42.5 Å². The summed E-state index contributed by atoms with van der Waals surface area (Å²) in [6.45, 7) is 4.57. The Bertz CT molecular complexity index is 1030. The fourth-order valence-corrected chi connectivity index (χ4v) is 3.20. The van der Waals surface area contributed by atoms with Crippen molar-refractivity contribution >= 4 is 0 Å². The molecule has 0 aliphatic rings. The molecule has 162 valence electrons. The third-order valence-electron chi connectivity index (χ3n) is 4.86. The van der Waals surface area contributed by atoms with Crippen molar-refractivity contribution in [3.63, 3.8) is 0 Å². The Morgan fingerprint density at radius 1 is 1.06 bits per heavy atom. The van der Waals surface area contributed by atoms with Crippen molar-refractivity contribution in [1.29, 1.82) is 0 Å². The Morgan fingerprint density at radius 2 is 1.84 bits per heavy atom. The molecule has 0 aliphatic heterocycles. The van der Waals surface area contributed by atoms with Crippen LogP contribution in [0.1, 0.15) is 11.1 Å². The lowest BCUT2D eigenvalue weighted by molar-refractivity contribution is 0.146. The summed E-state index contributed by atoms with van der Waals surface area (Å²) in [5.74, 6) is 0.203. The molecule has 31 heavy (non-hydrogen) atoms. The number of halogens is 1. The predicted octanol–water partition coefficient (Wildman–Crippen LogP) is 3.56. The summed E-state index contributed by atoms with van der Waals surface area (Å²) in [4.78, 5) is 3.73. The Balaban J connectivity index is 1.98. The van der Waals surface area contributed by atoms with Crippen molar-refractivity contribution in [2.24, 2.45) is 11.5 Å². The van der Waals surface area contributed by atoms with Gasteiger partial charge in [0.1, 0.15) is 24.5 Å². The second-order valence-electron chi connectivity index (χ2n) is 7.01. The van der Waals surface area contributed by atoms with Crippen molar-refractivity contribution in [2.75, 3.05) is 26.9 Å². The normalized spacial score (nSPS) is 12.7. The van der Waals surface area contributed by atoms with Gasteiger partial charge in [0.2, 0.25) is 5.95 Å². The van der Waals surface area contributed by atoms with E-state index in [0.717, 1.165) is 11.1 Å². The highest BCUT2D eigenvalue weighted by Crippen LogP contribution is 2.32. The first-order chi connectivity index (χ1) is 14.9. The minimum Gasteiger partial charge on any atom is -0.491 e. The van der Waals surface area contributed by atoms with Gasteiger partial charge in [-0.1, -0.05) is 30.3 Å². The number of hydrogen-bond acceptors (Lipinski definition) is 6. The van der Waals surface area contributed by atoms with E-state index in [4.69, 9.17) is 25.7 Å². The molecule has 1 unspecified atom stereocenters. The van der Waals surface area contributed by atoms with E-state index in [-0.39, 0.29) is 12.5 Å². The smallest absolute Gasteiger partial charge is 0.220 e. The number of nitrogens with two attached hydrogens (primary N) is 2. The zero-order chi connectivity index (χ0) is 22.3. The molecule has 2 aromatic carbocycles. The summed E-state index contributed by atoms with van der Waals surface area (Å²) in [5, 5.41) is 0. The molecular formula is C24H26FN3O3. The van der Waals surface area contributed by atoms with Crippen LogP contribution < -0.4 is 16.2 Å². The highest BCUT2D eigenvalue weighted by molar-refractivity contribution is 5.64. The molecule has 0 aliphatic carbocycles. The molecule has 3 rings (SSSR count). The van der Waals surface area contributed by atoms with Gasteiger partial charge in [-0.15, -0.1) is 0 Å². The average molecular weight is 423 g/mol. The van der Waals surface area contributed by atoms with Crippen molar-refractivity contribution in [3.05, 3.63) is 96.4 Å². The van der Waals surface area contributed by atoms with Gasteiger partial charge in [-0.25, -0.2) is 4.98 Å². The van der Waals surface area contributed by atoms with Crippen LogP contribution in [0.3, 0.4) is 0 Å². The van der Waals surface area contributed by atoms with Crippen molar-refractivity contribution in [2.45, 2.75) is 5.54 Å². The zero-order valence-electron chi connectivity index (χ0n) is 17.4. The Morgan fingerprint density at radius 3 is 2.52 bits per heavy atom. The molecule has 0 fully saturated rings.